The quantitative estimate of drug-likeness (QED) is 0.451. The van der Waals surface area contributed by atoms with Gasteiger partial charge in [-0.3, -0.25) is 4.79 Å². The summed E-state index contributed by atoms with van der Waals surface area (Å²) >= 11 is 2.12. The maximum Gasteiger partial charge on any atom is 0.252 e. The topological polar surface area (TPSA) is 84.9 Å². The van der Waals surface area contributed by atoms with E-state index >= 15 is 0 Å². The molecular weight excluding hydrogens is 495 g/mol. The Bertz CT molecular complexity index is 912. The number of benzene rings is 2. The Labute approximate surface area is 178 Å². The molecule has 0 saturated carbocycles. The summed E-state index contributed by atoms with van der Waals surface area (Å²) < 4.78 is 38.3. The number of rotatable bonds is 7. The molecule has 0 radical (unpaired) electrons. The van der Waals surface area contributed by atoms with Crippen molar-refractivity contribution in [3.8, 4) is 5.75 Å². The molecule has 150 valence electrons. The number of carbonyl (C=O) groups excluding carboxylic acids is 1. The smallest absolute Gasteiger partial charge is 0.252 e. The Kier molecular flexibility index (Phi) is 7.27. The lowest BCUT2D eigenvalue weighted by Gasteiger charge is -2.26. The summed E-state index contributed by atoms with van der Waals surface area (Å²) in [4.78, 5) is 12.4. The monoisotopic (exact) mass is 516 g/mol. The molecule has 28 heavy (non-hydrogen) atoms. The van der Waals surface area contributed by atoms with Gasteiger partial charge < -0.3 is 14.8 Å². The summed E-state index contributed by atoms with van der Waals surface area (Å²) in [6.45, 7) is 2.17. The highest BCUT2D eigenvalue weighted by Crippen LogP contribution is 2.20. The third kappa shape index (κ3) is 5.22. The minimum atomic E-state index is -3.51. The van der Waals surface area contributed by atoms with Crippen LogP contribution in [-0.4, -0.2) is 58.1 Å². The molecule has 0 spiro atoms. The van der Waals surface area contributed by atoms with E-state index < -0.39 is 10.0 Å². The van der Waals surface area contributed by atoms with Gasteiger partial charge in [0.1, 0.15) is 12.4 Å². The van der Waals surface area contributed by atoms with E-state index in [9.17, 15) is 13.2 Å². The van der Waals surface area contributed by atoms with Crippen molar-refractivity contribution >= 4 is 38.5 Å². The second-order valence-electron chi connectivity index (χ2n) is 6.07. The molecule has 0 aliphatic carbocycles. The molecule has 0 atom stereocenters. The Morgan fingerprint density at radius 2 is 1.79 bits per heavy atom. The molecule has 1 saturated heterocycles. The summed E-state index contributed by atoms with van der Waals surface area (Å²) in [6.07, 6.45) is 0. The van der Waals surface area contributed by atoms with Gasteiger partial charge in [0.25, 0.3) is 5.91 Å². The van der Waals surface area contributed by atoms with E-state index in [1.807, 2.05) is 18.2 Å². The van der Waals surface area contributed by atoms with Crippen molar-refractivity contribution in [2.75, 3.05) is 39.5 Å². The van der Waals surface area contributed by atoms with Crippen LogP contribution in [0.3, 0.4) is 0 Å². The molecule has 1 fully saturated rings. The Balaban J connectivity index is 1.49. The van der Waals surface area contributed by atoms with Gasteiger partial charge in [0.2, 0.25) is 10.0 Å². The number of sulfonamides is 1. The molecule has 7 nitrogen and oxygen atoms in total. The van der Waals surface area contributed by atoms with Crippen molar-refractivity contribution in [2.24, 2.45) is 0 Å². The predicted octanol–water partition coefficient (Wildman–Crippen LogP) is 2.12. The van der Waals surface area contributed by atoms with E-state index in [0.717, 1.165) is 3.57 Å². The molecule has 3 rings (SSSR count). The molecule has 0 aromatic heterocycles. The number of nitrogens with one attached hydrogen (secondary N) is 1. The van der Waals surface area contributed by atoms with Crippen molar-refractivity contribution in [2.45, 2.75) is 4.90 Å². The van der Waals surface area contributed by atoms with Crippen LogP contribution in [0.2, 0.25) is 0 Å². The normalized spacial score (nSPS) is 15.2. The van der Waals surface area contributed by atoms with Gasteiger partial charge in [-0.15, -0.1) is 0 Å². The predicted molar refractivity (Wildman–Crippen MR) is 113 cm³/mol. The molecule has 1 aliphatic heterocycles. The van der Waals surface area contributed by atoms with Crippen molar-refractivity contribution < 1.29 is 22.7 Å². The van der Waals surface area contributed by atoms with E-state index in [4.69, 9.17) is 9.47 Å². The van der Waals surface area contributed by atoms with Crippen LogP contribution >= 0.6 is 22.6 Å². The van der Waals surface area contributed by atoms with Gasteiger partial charge in [0.15, 0.2) is 0 Å². The standard InChI is InChI=1S/C19H21IN2O5S/c20-18-4-2-1-3-17(18)19(23)21-9-12-27-15-5-7-16(8-6-15)28(24,25)22-10-13-26-14-11-22/h1-8H,9-14H2,(H,21,23). The first-order valence-corrected chi connectivity index (χ1v) is 11.3. The summed E-state index contributed by atoms with van der Waals surface area (Å²) in [5.41, 5.74) is 0.626. The highest BCUT2D eigenvalue weighted by molar-refractivity contribution is 14.1. The molecule has 2 aromatic carbocycles. The minimum Gasteiger partial charge on any atom is -0.492 e. The molecule has 1 amide bonds. The van der Waals surface area contributed by atoms with E-state index in [1.165, 1.54) is 16.4 Å². The van der Waals surface area contributed by atoms with E-state index in [0.29, 0.717) is 44.2 Å². The fourth-order valence-electron chi connectivity index (χ4n) is 2.72. The molecule has 1 aliphatic rings. The number of morpholine rings is 1. The van der Waals surface area contributed by atoms with Crippen LogP contribution in [0.25, 0.3) is 0 Å². The molecule has 0 unspecified atom stereocenters. The minimum absolute atomic E-state index is 0.152. The summed E-state index contributed by atoms with van der Waals surface area (Å²) in [7, 11) is -3.51. The fraction of sp³-hybridized carbons (Fsp3) is 0.316. The Hall–Kier alpha value is -1.69. The lowest BCUT2D eigenvalue weighted by Crippen LogP contribution is -2.40. The van der Waals surface area contributed by atoms with Gasteiger partial charge in [-0.2, -0.15) is 4.31 Å². The molecule has 0 bridgehead atoms. The van der Waals surface area contributed by atoms with Crippen molar-refractivity contribution in [1.82, 2.24) is 9.62 Å². The van der Waals surface area contributed by atoms with Crippen LogP contribution < -0.4 is 10.1 Å². The number of halogens is 1. The molecule has 1 N–H and O–H groups in total. The summed E-state index contributed by atoms with van der Waals surface area (Å²) in [6, 6.07) is 13.6. The van der Waals surface area contributed by atoms with Crippen LogP contribution in [0.1, 0.15) is 10.4 Å². The average molecular weight is 516 g/mol. The Morgan fingerprint density at radius 1 is 1.11 bits per heavy atom. The van der Waals surface area contributed by atoms with Gasteiger partial charge in [0.05, 0.1) is 30.2 Å². The number of hydrogen-bond donors (Lipinski definition) is 1. The van der Waals surface area contributed by atoms with Crippen LogP contribution in [0, 0.1) is 3.57 Å². The first kappa shape index (κ1) is 21.0. The van der Waals surface area contributed by atoms with Gasteiger partial charge in [-0.25, -0.2) is 8.42 Å². The zero-order valence-electron chi connectivity index (χ0n) is 15.1. The van der Waals surface area contributed by atoms with Crippen molar-refractivity contribution in [3.05, 3.63) is 57.7 Å². The maximum atomic E-state index is 12.6. The SMILES string of the molecule is O=C(NCCOc1ccc(S(=O)(=O)N2CCOCC2)cc1)c1ccccc1I. The maximum absolute atomic E-state index is 12.6. The van der Waals surface area contributed by atoms with E-state index in [1.54, 1.807) is 18.2 Å². The van der Waals surface area contributed by atoms with Gasteiger partial charge in [-0.1, -0.05) is 12.1 Å². The van der Waals surface area contributed by atoms with Crippen LogP contribution in [0.4, 0.5) is 0 Å². The lowest BCUT2D eigenvalue weighted by molar-refractivity contribution is 0.0730. The van der Waals surface area contributed by atoms with Gasteiger partial charge in [0, 0.05) is 16.7 Å². The third-order valence-electron chi connectivity index (χ3n) is 4.21. The lowest BCUT2D eigenvalue weighted by atomic mass is 10.2. The van der Waals surface area contributed by atoms with Crippen molar-refractivity contribution in [1.29, 1.82) is 0 Å². The van der Waals surface area contributed by atoms with E-state index in [2.05, 4.69) is 27.9 Å². The number of amides is 1. The van der Waals surface area contributed by atoms with Crippen LogP contribution in [0.15, 0.2) is 53.4 Å². The Morgan fingerprint density at radius 3 is 2.46 bits per heavy atom. The van der Waals surface area contributed by atoms with E-state index in [-0.39, 0.29) is 17.4 Å². The highest BCUT2D eigenvalue weighted by atomic mass is 127. The number of nitrogens with zero attached hydrogens (tertiary/aromatic N) is 1. The summed E-state index contributed by atoms with van der Waals surface area (Å²) in [5, 5.41) is 2.81. The van der Waals surface area contributed by atoms with Gasteiger partial charge >= 0.3 is 0 Å². The number of ether oxygens (including phenoxy) is 2. The first-order valence-electron chi connectivity index (χ1n) is 8.82. The highest BCUT2D eigenvalue weighted by Gasteiger charge is 2.26. The number of hydrogen-bond acceptors (Lipinski definition) is 5. The number of carbonyl (C=O) groups is 1. The zero-order chi connectivity index (χ0) is 20.0. The largest absolute Gasteiger partial charge is 0.492 e. The average Bonchev–Trinajstić information content (AvgIpc) is 2.72. The third-order valence-corrected chi connectivity index (χ3v) is 7.06. The fourth-order valence-corrected chi connectivity index (χ4v) is 4.76. The molecular formula is C19H21IN2O5S. The zero-order valence-corrected chi connectivity index (χ0v) is 18.1. The molecule has 1 heterocycles. The van der Waals surface area contributed by atoms with Crippen LogP contribution in [-0.2, 0) is 14.8 Å². The molecule has 9 heteroatoms. The van der Waals surface area contributed by atoms with Crippen molar-refractivity contribution in [3.63, 3.8) is 0 Å². The summed E-state index contributed by atoms with van der Waals surface area (Å²) in [5.74, 6) is 0.394. The first-order chi connectivity index (χ1) is 13.5. The van der Waals surface area contributed by atoms with Crippen LogP contribution in [0.5, 0.6) is 5.75 Å². The van der Waals surface area contributed by atoms with Gasteiger partial charge in [-0.05, 0) is 59.0 Å². The second-order valence-corrected chi connectivity index (χ2v) is 9.17. The second kappa shape index (κ2) is 9.68. The molecule has 2 aromatic rings.